The van der Waals surface area contributed by atoms with Crippen molar-refractivity contribution in [3.8, 4) is 17.0 Å². The third-order valence-corrected chi connectivity index (χ3v) is 2.91. The Morgan fingerprint density at radius 1 is 1.21 bits per heavy atom. The number of aryl methyl sites for hydroxylation is 2. The second kappa shape index (κ2) is 3.42. The van der Waals surface area contributed by atoms with Crippen LogP contribution in [0.1, 0.15) is 11.1 Å². The molecule has 1 N–H and O–H groups in total. The fraction of sp³-hybridized carbons (Fsp3) is 0.182. The van der Waals surface area contributed by atoms with Crippen LogP contribution in [0.2, 0.25) is 0 Å². The molecule has 0 atom stereocenters. The number of phenols is 1. The minimum Gasteiger partial charge on any atom is -0.507 e. The molecule has 72 valence electrons. The van der Waals surface area contributed by atoms with Gasteiger partial charge in [0.05, 0.1) is 11.2 Å². The molecule has 3 heteroatoms. The Morgan fingerprint density at radius 2 is 1.93 bits per heavy atom. The number of nitrogens with zero attached hydrogens (tertiary/aromatic N) is 1. The van der Waals surface area contributed by atoms with Gasteiger partial charge in [0.1, 0.15) is 5.75 Å². The van der Waals surface area contributed by atoms with E-state index in [0.717, 1.165) is 16.8 Å². The van der Waals surface area contributed by atoms with Gasteiger partial charge in [0.2, 0.25) is 0 Å². The molecule has 2 aromatic rings. The fourth-order valence-electron chi connectivity index (χ4n) is 1.35. The zero-order chi connectivity index (χ0) is 10.1. The normalized spacial score (nSPS) is 10.4. The molecule has 1 aromatic heterocycles. The molecule has 0 spiro atoms. The van der Waals surface area contributed by atoms with Crippen molar-refractivity contribution in [1.29, 1.82) is 0 Å². The molecule has 0 aliphatic rings. The first-order valence-electron chi connectivity index (χ1n) is 4.37. The summed E-state index contributed by atoms with van der Waals surface area (Å²) >= 11 is 1.53. The standard InChI is InChI=1S/C11H11NOS/c1-7-3-9(10-5-14-6-12-10)11(13)4-8(7)2/h3-6,13H,1-2H3. The highest BCUT2D eigenvalue weighted by Gasteiger charge is 2.07. The smallest absolute Gasteiger partial charge is 0.125 e. The molecule has 0 saturated carbocycles. The van der Waals surface area contributed by atoms with Crippen molar-refractivity contribution in [3.05, 3.63) is 34.2 Å². The number of hydrogen-bond donors (Lipinski definition) is 1. The third kappa shape index (κ3) is 1.51. The molecule has 1 aromatic carbocycles. The van der Waals surface area contributed by atoms with Gasteiger partial charge in [-0.3, -0.25) is 0 Å². The molecule has 0 bridgehead atoms. The molecule has 0 saturated heterocycles. The first-order valence-corrected chi connectivity index (χ1v) is 5.31. The van der Waals surface area contributed by atoms with E-state index < -0.39 is 0 Å². The third-order valence-electron chi connectivity index (χ3n) is 2.32. The number of aromatic hydroxyl groups is 1. The van der Waals surface area contributed by atoms with Crippen molar-refractivity contribution in [2.45, 2.75) is 13.8 Å². The van der Waals surface area contributed by atoms with Crippen molar-refractivity contribution in [2.75, 3.05) is 0 Å². The monoisotopic (exact) mass is 205 g/mol. The van der Waals surface area contributed by atoms with Gasteiger partial charge < -0.3 is 5.11 Å². The second-order valence-electron chi connectivity index (χ2n) is 3.33. The summed E-state index contributed by atoms with van der Waals surface area (Å²) in [4.78, 5) is 4.18. The Hall–Kier alpha value is -1.35. The molecule has 14 heavy (non-hydrogen) atoms. The zero-order valence-electron chi connectivity index (χ0n) is 8.11. The summed E-state index contributed by atoms with van der Waals surface area (Å²) in [6.45, 7) is 4.02. The number of benzene rings is 1. The van der Waals surface area contributed by atoms with Crippen LogP contribution < -0.4 is 0 Å². The number of rotatable bonds is 1. The lowest BCUT2D eigenvalue weighted by atomic mass is 10.0. The highest BCUT2D eigenvalue weighted by Crippen LogP contribution is 2.31. The summed E-state index contributed by atoms with van der Waals surface area (Å²) < 4.78 is 0. The molecule has 2 nitrogen and oxygen atoms in total. The van der Waals surface area contributed by atoms with E-state index in [0.29, 0.717) is 5.75 Å². The van der Waals surface area contributed by atoms with Crippen LogP contribution >= 0.6 is 11.3 Å². The first-order chi connectivity index (χ1) is 6.68. The molecule has 0 aliphatic heterocycles. The molecule has 0 aliphatic carbocycles. The van der Waals surface area contributed by atoms with E-state index in [4.69, 9.17) is 0 Å². The van der Waals surface area contributed by atoms with E-state index in [1.807, 2.05) is 25.3 Å². The van der Waals surface area contributed by atoms with Gasteiger partial charge >= 0.3 is 0 Å². The summed E-state index contributed by atoms with van der Waals surface area (Å²) in [5.74, 6) is 0.305. The van der Waals surface area contributed by atoms with E-state index in [1.165, 1.54) is 16.9 Å². The van der Waals surface area contributed by atoms with Crippen LogP contribution in [0.5, 0.6) is 5.75 Å². The molecule has 0 radical (unpaired) electrons. The lowest BCUT2D eigenvalue weighted by molar-refractivity contribution is 0.476. The van der Waals surface area contributed by atoms with E-state index in [-0.39, 0.29) is 0 Å². The second-order valence-corrected chi connectivity index (χ2v) is 4.05. The number of aromatic nitrogens is 1. The Morgan fingerprint density at radius 3 is 2.57 bits per heavy atom. The average Bonchev–Trinajstić information content (AvgIpc) is 2.64. The summed E-state index contributed by atoms with van der Waals surface area (Å²) in [5, 5.41) is 11.7. The Kier molecular flexibility index (Phi) is 2.25. The van der Waals surface area contributed by atoms with E-state index in [1.54, 1.807) is 11.6 Å². The van der Waals surface area contributed by atoms with Crippen LogP contribution in [0.3, 0.4) is 0 Å². The van der Waals surface area contributed by atoms with Gasteiger partial charge in [0, 0.05) is 10.9 Å². The summed E-state index contributed by atoms with van der Waals surface area (Å²) in [7, 11) is 0. The lowest BCUT2D eigenvalue weighted by Crippen LogP contribution is -1.85. The predicted octanol–water partition coefficient (Wildman–Crippen LogP) is 3.13. The quantitative estimate of drug-likeness (QED) is 0.775. The minimum absolute atomic E-state index is 0.305. The van der Waals surface area contributed by atoms with Gasteiger partial charge in [-0.25, -0.2) is 4.98 Å². The number of thiazole rings is 1. The van der Waals surface area contributed by atoms with E-state index >= 15 is 0 Å². The van der Waals surface area contributed by atoms with Crippen LogP contribution in [-0.4, -0.2) is 10.1 Å². The van der Waals surface area contributed by atoms with Crippen LogP contribution in [0.25, 0.3) is 11.3 Å². The Balaban J connectivity index is 2.60. The minimum atomic E-state index is 0.305. The predicted molar refractivity (Wildman–Crippen MR) is 58.7 cm³/mol. The zero-order valence-corrected chi connectivity index (χ0v) is 8.93. The van der Waals surface area contributed by atoms with E-state index in [2.05, 4.69) is 4.98 Å². The molecule has 2 rings (SSSR count). The van der Waals surface area contributed by atoms with Gasteiger partial charge in [0.25, 0.3) is 0 Å². The van der Waals surface area contributed by atoms with Gasteiger partial charge in [-0.2, -0.15) is 0 Å². The van der Waals surface area contributed by atoms with Crippen molar-refractivity contribution in [3.63, 3.8) is 0 Å². The van der Waals surface area contributed by atoms with Crippen molar-refractivity contribution >= 4 is 11.3 Å². The topological polar surface area (TPSA) is 33.1 Å². The van der Waals surface area contributed by atoms with Crippen molar-refractivity contribution in [1.82, 2.24) is 4.98 Å². The maximum atomic E-state index is 9.75. The summed E-state index contributed by atoms with van der Waals surface area (Å²) in [6.07, 6.45) is 0. The van der Waals surface area contributed by atoms with Gasteiger partial charge in [0.15, 0.2) is 0 Å². The molecular formula is C11H11NOS. The lowest BCUT2D eigenvalue weighted by Gasteiger charge is -2.05. The maximum absolute atomic E-state index is 9.75. The van der Waals surface area contributed by atoms with Gasteiger partial charge in [-0.15, -0.1) is 11.3 Å². The number of phenolic OH excluding ortho intramolecular Hbond substituents is 1. The molecule has 1 heterocycles. The average molecular weight is 205 g/mol. The largest absolute Gasteiger partial charge is 0.507 e. The Bertz CT molecular complexity index is 449. The van der Waals surface area contributed by atoms with Crippen LogP contribution in [0.4, 0.5) is 0 Å². The van der Waals surface area contributed by atoms with Gasteiger partial charge in [-0.05, 0) is 37.1 Å². The molecular weight excluding hydrogens is 194 g/mol. The van der Waals surface area contributed by atoms with Crippen LogP contribution in [-0.2, 0) is 0 Å². The van der Waals surface area contributed by atoms with Crippen LogP contribution in [0.15, 0.2) is 23.0 Å². The van der Waals surface area contributed by atoms with Crippen molar-refractivity contribution < 1.29 is 5.11 Å². The molecule has 0 fully saturated rings. The van der Waals surface area contributed by atoms with Gasteiger partial charge in [-0.1, -0.05) is 0 Å². The SMILES string of the molecule is Cc1cc(O)c(-c2cscn2)cc1C. The highest BCUT2D eigenvalue weighted by atomic mass is 32.1. The molecule has 0 unspecified atom stereocenters. The Labute approximate surface area is 86.9 Å². The summed E-state index contributed by atoms with van der Waals surface area (Å²) in [6, 6.07) is 3.75. The summed E-state index contributed by atoms with van der Waals surface area (Å²) in [5.41, 5.74) is 5.70. The molecule has 0 amide bonds. The highest BCUT2D eigenvalue weighted by molar-refractivity contribution is 7.07. The first kappa shape index (κ1) is 9.21. The van der Waals surface area contributed by atoms with Crippen LogP contribution in [0, 0.1) is 13.8 Å². The number of hydrogen-bond acceptors (Lipinski definition) is 3. The maximum Gasteiger partial charge on any atom is 0.125 e. The van der Waals surface area contributed by atoms with E-state index in [9.17, 15) is 5.11 Å². The van der Waals surface area contributed by atoms with Crippen molar-refractivity contribution in [2.24, 2.45) is 0 Å². The fourth-order valence-corrected chi connectivity index (χ4v) is 1.90.